The normalized spacial score (nSPS) is 14.2. The van der Waals surface area contributed by atoms with Gasteiger partial charge in [0.25, 0.3) is 0 Å². The number of aromatic nitrogens is 1. The Labute approximate surface area is 205 Å². The van der Waals surface area contributed by atoms with Crippen LogP contribution in [0.5, 0.6) is 5.75 Å². The molecule has 6 nitrogen and oxygen atoms in total. The molecule has 8 heteroatoms. The Morgan fingerprint density at radius 2 is 1.97 bits per heavy atom. The number of halogens is 1. The molecule has 0 amide bonds. The molecule has 164 valence electrons. The highest BCUT2D eigenvalue weighted by Gasteiger charge is 2.20. The third kappa shape index (κ3) is 6.57. The first kappa shape index (κ1) is 23.3. The maximum atomic E-state index is 5.89. The van der Waals surface area contributed by atoms with Crippen LogP contribution in [0, 0.1) is 0 Å². The van der Waals surface area contributed by atoms with E-state index in [1.807, 2.05) is 37.4 Å². The van der Waals surface area contributed by atoms with Gasteiger partial charge in [-0.05, 0) is 47.3 Å². The van der Waals surface area contributed by atoms with Crippen molar-refractivity contribution in [2.75, 3.05) is 38.1 Å². The number of anilines is 1. The average Bonchev–Trinajstić information content (AvgIpc) is 3.35. The molecule has 1 aromatic carbocycles. The van der Waals surface area contributed by atoms with Crippen LogP contribution in [0.1, 0.15) is 11.3 Å². The van der Waals surface area contributed by atoms with Crippen molar-refractivity contribution in [1.82, 2.24) is 15.2 Å². The van der Waals surface area contributed by atoms with Crippen LogP contribution in [0.25, 0.3) is 0 Å². The highest BCUT2D eigenvalue weighted by molar-refractivity contribution is 14.0. The summed E-state index contributed by atoms with van der Waals surface area (Å²) in [6.45, 7) is 5.12. The van der Waals surface area contributed by atoms with Gasteiger partial charge in [-0.1, -0.05) is 18.2 Å². The van der Waals surface area contributed by atoms with Crippen LogP contribution >= 0.6 is 35.3 Å². The van der Waals surface area contributed by atoms with E-state index in [0.717, 1.165) is 49.1 Å². The van der Waals surface area contributed by atoms with E-state index in [1.165, 1.54) is 5.00 Å². The van der Waals surface area contributed by atoms with Crippen molar-refractivity contribution in [3.05, 3.63) is 77.4 Å². The van der Waals surface area contributed by atoms with E-state index < -0.39 is 0 Å². The number of hydrogen-bond acceptors (Lipinski definition) is 5. The first-order valence-corrected chi connectivity index (χ1v) is 11.1. The molecule has 31 heavy (non-hydrogen) atoms. The Balaban J connectivity index is 0.00000272. The fourth-order valence-electron chi connectivity index (χ4n) is 3.49. The summed E-state index contributed by atoms with van der Waals surface area (Å²) in [6, 6.07) is 18.3. The standard InChI is InChI=1S/C23H27N5OS.HI/c1-24-23(28-13-11-27(12-14-28)22-9-5-15-30-22)26-17-19-6-4-8-21(16-19)29-18-20-7-2-3-10-25-20;/h2-10,15-16H,11-14,17-18H2,1H3,(H,24,26);1H. The third-order valence-electron chi connectivity index (χ3n) is 5.07. The van der Waals surface area contributed by atoms with Gasteiger partial charge in [0.15, 0.2) is 5.96 Å². The fraction of sp³-hybridized carbons (Fsp3) is 0.304. The summed E-state index contributed by atoms with van der Waals surface area (Å²) in [5, 5.41) is 6.98. The monoisotopic (exact) mass is 549 g/mol. The molecule has 0 radical (unpaired) electrons. The number of nitrogens with zero attached hydrogens (tertiary/aromatic N) is 4. The van der Waals surface area contributed by atoms with Gasteiger partial charge in [0.05, 0.1) is 10.7 Å². The highest BCUT2D eigenvalue weighted by Crippen LogP contribution is 2.22. The lowest BCUT2D eigenvalue weighted by Crippen LogP contribution is -2.52. The zero-order valence-electron chi connectivity index (χ0n) is 17.6. The van der Waals surface area contributed by atoms with Crippen molar-refractivity contribution in [3.8, 4) is 5.75 Å². The SMILES string of the molecule is CN=C(NCc1cccc(OCc2ccccn2)c1)N1CCN(c2cccs2)CC1.I. The smallest absolute Gasteiger partial charge is 0.194 e. The van der Waals surface area contributed by atoms with Crippen LogP contribution in [0.15, 0.2) is 71.2 Å². The molecule has 0 unspecified atom stereocenters. The molecular formula is C23H28IN5OS. The quantitative estimate of drug-likeness (QED) is 0.283. The van der Waals surface area contributed by atoms with Crippen molar-refractivity contribution in [2.45, 2.75) is 13.2 Å². The molecule has 1 fully saturated rings. The van der Waals surface area contributed by atoms with Crippen molar-refractivity contribution in [1.29, 1.82) is 0 Å². The van der Waals surface area contributed by atoms with Gasteiger partial charge in [-0.2, -0.15) is 0 Å². The molecule has 1 saturated heterocycles. The molecular weight excluding hydrogens is 521 g/mol. The van der Waals surface area contributed by atoms with Crippen LogP contribution in [-0.4, -0.2) is 49.1 Å². The minimum atomic E-state index is 0. The minimum Gasteiger partial charge on any atom is -0.487 e. The molecule has 0 atom stereocenters. The molecule has 3 heterocycles. The van der Waals surface area contributed by atoms with E-state index in [-0.39, 0.29) is 24.0 Å². The first-order valence-electron chi connectivity index (χ1n) is 10.2. The molecule has 2 aromatic heterocycles. The average molecular weight is 549 g/mol. The number of hydrogen-bond donors (Lipinski definition) is 1. The van der Waals surface area contributed by atoms with E-state index >= 15 is 0 Å². The second-order valence-corrected chi connectivity index (χ2v) is 8.01. The highest BCUT2D eigenvalue weighted by atomic mass is 127. The van der Waals surface area contributed by atoms with Crippen LogP contribution in [0.2, 0.25) is 0 Å². The predicted molar refractivity (Wildman–Crippen MR) is 139 cm³/mol. The minimum absolute atomic E-state index is 0. The number of pyridine rings is 1. The number of nitrogens with one attached hydrogen (secondary N) is 1. The summed E-state index contributed by atoms with van der Waals surface area (Å²) >= 11 is 1.80. The molecule has 4 rings (SSSR count). The lowest BCUT2D eigenvalue weighted by molar-refractivity contribution is 0.301. The van der Waals surface area contributed by atoms with Gasteiger partial charge in [-0.25, -0.2) is 0 Å². The van der Waals surface area contributed by atoms with Gasteiger partial charge in [-0.15, -0.1) is 35.3 Å². The summed E-state index contributed by atoms with van der Waals surface area (Å²) in [5.74, 6) is 1.79. The largest absolute Gasteiger partial charge is 0.487 e. The summed E-state index contributed by atoms with van der Waals surface area (Å²) in [7, 11) is 1.85. The zero-order valence-corrected chi connectivity index (χ0v) is 20.8. The second-order valence-electron chi connectivity index (χ2n) is 7.08. The van der Waals surface area contributed by atoms with Crippen molar-refractivity contribution in [2.24, 2.45) is 4.99 Å². The van der Waals surface area contributed by atoms with Gasteiger partial charge in [0.1, 0.15) is 12.4 Å². The van der Waals surface area contributed by atoms with Crippen LogP contribution in [0.4, 0.5) is 5.00 Å². The number of aliphatic imine (C=N–C) groups is 1. The Morgan fingerprint density at radius 3 is 2.68 bits per heavy atom. The topological polar surface area (TPSA) is 53.0 Å². The summed E-state index contributed by atoms with van der Waals surface area (Å²) in [5.41, 5.74) is 2.08. The number of piperazine rings is 1. The maximum absolute atomic E-state index is 5.89. The van der Waals surface area contributed by atoms with Gasteiger partial charge < -0.3 is 19.9 Å². The number of ether oxygens (including phenoxy) is 1. The molecule has 1 aliphatic heterocycles. The zero-order chi connectivity index (χ0) is 20.6. The molecule has 1 N–H and O–H groups in total. The van der Waals surface area contributed by atoms with Gasteiger partial charge >= 0.3 is 0 Å². The Kier molecular flexibility index (Phi) is 8.96. The fourth-order valence-corrected chi connectivity index (χ4v) is 4.27. The van der Waals surface area contributed by atoms with Crippen molar-refractivity contribution >= 4 is 46.3 Å². The lowest BCUT2D eigenvalue weighted by Gasteiger charge is -2.37. The molecule has 0 spiro atoms. The predicted octanol–water partition coefficient (Wildman–Crippen LogP) is 4.24. The maximum Gasteiger partial charge on any atom is 0.194 e. The second kappa shape index (κ2) is 11.9. The number of benzene rings is 1. The van der Waals surface area contributed by atoms with Crippen molar-refractivity contribution in [3.63, 3.8) is 0 Å². The van der Waals surface area contributed by atoms with Gasteiger partial charge in [-0.3, -0.25) is 9.98 Å². The molecule has 0 bridgehead atoms. The van der Waals surface area contributed by atoms with E-state index in [9.17, 15) is 0 Å². The number of rotatable bonds is 6. The Bertz CT molecular complexity index is 944. The third-order valence-corrected chi connectivity index (χ3v) is 6.00. The molecule has 3 aromatic rings. The van der Waals surface area contributed by atoms with E-state index in [2.05, 4.69) is 54.7 Å². The van der Waals surface area contributed by atoms with E-state index in [1.54, 1.807) is 17.5 Å². The molecule has 1 aliphatic rings. The van der Waals surface area contributed by atoms with E-state index in [4.69, 9.17) is 4.74 Å². The first-order chi connectivity index (χ1) is 14.8. The summed E-state index contributed by atoms with van der Waals surface area (Å²) in [6.07, 6.45) is 1.78. The number of thiophene rings is 1. The van der Waals surface area contributed by atoms with Gasteiger partial charge in [0.2, 0.25) is 0 Å². The summed E-state index contributed by atoms with van der Waals surface area (Å²) < 4.78 is 5.89. The number of guanidine groups is 1. The molecule has 0 aliphatic carbocycles. The summed E-state index contributed by atoms with van der Waals surface area (Å²) in [4.78, 5) is 13.6. The van der Waals surface area contributed by atoms with Crippen LogP contribution in [0.3, 0.4) is 0 Å². The molecule has 0 saturated carbocycles. The van der Waals surface area contributed by atoms with Crippen LogP contribution in [-0.2, 0) is 13.2 Å². The van der Waals surface area contributed by atoms with Crippen molar-refractivity contribution < 1.29 is 4.74 Å². The van der Waals surface area contributed by atoms with Crippen LogP contribution < -0.4 is 15.0 Å². The Hall–Kier alpha value is -2.33. The Morgan fingerprint density at radius 1 is 1.10 bits per heavy atom. The van der Waals surface area contributed by atoms with Gasteiger partial charge in [0, 0.05) is 46.0 Å². The van der Waals surface area contributed by atoms with E-state index in [0.29, 0.717) is 13.2 Å². The lowest BCUT2D eigenvalue weighted by atomic mass is 10.2.